The molecule has 1 saturated heterocycles. The summed E-state index contributed by atoms with van der Waals surface area (Å²) in [6, 6.07) is 30.4. The van der Waals surface area contributed by atoms with Crippen LogP contribution in [0.3, 0.4) is 0 Å². The number of aromatic nitrogens is 2. The molecule has 0 radical (unpaired) electrons. The number of thioether (sulfide) groups is 2. The van der Waals surface area contributed by atoms with Gasteiger partial charge in [-0.1, -0.05) is 66.2 Å². The number of fused-ring (bicyclic) bond motifs is 1. The smallest absolute Gasteiger partial charge is 0.381 e. The van der Waals surface area contributed by atoms with Gasteiger partial charge in [-0.15, -0.1) is 11.8 Å². The second-order valence-electron chi connectivity index (χ2n) is 15.9. The van der Waals surface area contributed by atoms with Crippen LogP contribution in [0.4, 0.5) is 24.7 Å². The molecule has 0 bridgehead atoms. The van der Waals surface area contributed by atoms with Crippen molar-refractivity contribution >= 4 is 56.7 Å². The fraction of sp³-hybridized carbons (Fsp3) is 0.378. The lowest BCUT2D eigenvalue weighted by molar-refractivity contribution is -0.0328. The third kappa shape index (κ3) is 12.2. The maximum Gasteiger partial charge on any atom is 0.446 e. The first-order valence-electron chi connectivity index (χ1n) is 20.4. The van der Waals surface area contributed by atoms with Crippen LogP contribution < -0.4 is 10.0 Å². The van der Waals surface area contributed by atoms with E-state index >= 15 is 0 Å². The fourth-order valence-corrected chi connectivity index (χ4v) is 11.0. The molecule has 3 heterocycles. The monoisotopic (exact) mass is 909 g/mol. The molecule has 7 rings (SSSR count). The van der Waals surface area contributed by atoms with Crippen molar-refractivity contribution in [3.63, 3.8) is 0 Å². The molecule has 2 N–H and O–H groups in total. The van der Waals surface area contributed by atoms with E-state index in [0.29, 0.717) is 48.3 Å². The van der Waals surface area contributed by atoms with Crippen LogP contribution in [0.2, 0.25) is 5.02 Å². The molecular formula is C45H51ClF3N7O2S3. The number of piperidine rings is 1. The average molecular weight is 911 g/mol. The van der Waals surface area contributed by atoms with Gasteiger partial charge in [0.1, 0.15) is 12.1 Å². The first-order valence-corrected chi connectivity index (χ1v) is 24.0. The number of nitrogens with one attached hydrogen (secondary N) is 2. The van der Waals surface area contributed by atoms with Gasteiger partial charge in [-0.05, 0) is 137 Å². The van der Waals surface area contributed by atoms with E-state index in [-0.39, 0.29) is 45.1 Å². The van der Waals surface area contributed by atoms with Crippen molar-refractivity contribution < 1.29 is 21.6 Å². The van der Waals surface area contributed by atoms with E-state index in [4.69, 9.17) is 11.6 Å². The highest BCUT2D eigenvalue weighted by atomic mass is 35.5. The SMILES string of the molecule is CC1Cc2c(ncnc2NS(=O)(=O)c2ccc(NC(CCN(C)C)CSc3ccccc3)c(SC(F)(F)F)c2)CN1C1CCN(Cc2ccccc2-c2ccc(Cl)cc2)CC1. The van der Waals surface area contributed by atoms with E-state index in [2.05, 4.69) is 73.1 Å². The maximum atomic E-state index is 14.0. The molecule has 0 aliphatic carbocycles. The van der Waals surface area contributed by atoms with E-state index < -0.39 is 15.5 Å². The second kappa shape index (κ2) is 20.1. The molecule has 324 valence electrons. The third-order valence-electron chi connectivity index (χ3n) is 11.2. The fourth-order valence-electron chi connectivity index (χ4n) is 8.07. The molecule has 5 aromatic rings. The number of hydrogen-bond acceptors (Lipinski definition) is 10. The summed E-state index contributed by atoms with van der Waals surface area (Å²) in [6.45, 7) is 6.13. The third-order valence-corrected chi connectivity index (χ3v) is 14.8. The van der Waals surface area contributed by atoms with Gasteiger partial charge in [0.2, 0.25) is 0 Å². The Hall–Kier alpha value is -3.83. The molecule has 0 spiro atoms. The topological polar surface area (TPSA) is 93.7 Å². The van der Waals surface area contributed by atoms with Gasteiger partial charge < -0.3 is 10.2 Å². The zero-order valence-electron chi connectivity index (χ0n) is 34.4. The van der Waals surface area contributed by atoms with Crippen LogP contribution in [0, 0.1) is 0 Å². The first-order chi connectivity index (χ1) is 29.2. The number of alkyl halides is 3. The highest BCUT2D eigenvalue weighted by Crippen LogP contribution is 2.42. The molecule has 61 heavy (non-hydrogen) atoms. The number of sulfonamides is 1. The Morgan fingerprint density at radius 1 is 0.951 bits per heavy atom. The molecule has 2 aliphatic heterocycles. The minimum absolute atomic E-state index is 0.0876. The van der Waals surface area contributed by atoms with Gasteiger partial charge in [0.05, 0.1) is 10.6 Å². The number of halogens is 4. The molecule has 0 amide bonds. The van der Waals surface area contributed by atoms with E-state index in [1.54, 1.807) is 11.8 Å². The maximum absolute atomic E-state index is 14.0. The number of benzene rings is 4. The summed E-state index contributed by atoms with van der Waals surface area (Å²) < 4.78 is 72.4. The van der Waals surface area contributed by atoms with Crippen LogP contribution >= 0.6 is 35.1 Å². The summed E-state index contributed by atoms with van der Waals surface area (Å²) in [5.41, 5.74) is 0.653. The highest BCUT2D eigenvalue weighted by Gasteiger charge is 2.35. The molecule has 1 aromatic heterocycles. The van der Waals surface area contributed by atoms with Gasteiger partial charge in [-0.25, -0.2) is 18.4 Å². The van der Waals surface area contributed by atoms with Crippen LogP contribution in [0.25, 0.3) is 11.1 Å². The Bertz CT molecular complexity index is 2350. The molecule has 2 unspecified atom stereocenters. The van der Waals surface area contributed by atoms with Gasteiger partial charge in [0, 0.05) is 63.0 Å². The predicted molar refractivity (Wildman–Crippen MR) is 243 cm³/mol. The van der Waals surface area contributed by atoms with Gasteiger partial charge in [0.25, 0.3) is 10.0 Å². The Labute approximate surface area is 370 Å². The van der Waals surface area contributed by atoms with Crippen LogP contribution in [-0.2, 0) is 29.5 Å². The highest BCUT2D eigenvalue weighted by molar-refractivity contribution is 8.00. The van der Waals surface area contributed by atoms with Crippen molar-refractivity contribution in [3.05, 3.63) is 125 Å². The average Bonchev–Trinajstić information content (AvgIpc) is 3.23. The molecular weight excluding hydrogens is 859 g/mol. The molecule has 1 fully saturated rings. The van der Waals surface area contributed by atoms with Crippen LogP contribution in [0.1, 0.15) is 43.0 Å². The standard InChI is InChI=1S/C45H51ClF3N7O2S3/c1-31-25-40-42(28-56(31)36-20-23-55(24-21-36)27-33-9-7-8-12-39(33)32-13-15-34(46)16-14-32)50-30-51-44(40)53-61(57,58)38-17-18-41(43(26-38)60-45(47,48)49)52-35(19-22-54(2)3)29-59-37-10-5-4-6-11-37/h4-18,26,30-31,35-36,52H,19-25,27-29H2,1-3H3,(H,50,51,53). The number of nitrogens with zero attached hydrogens (tertiary/aromatic N) is 5. The van der Waals surface area contributed by atoms with E-state index in [0.717, 1.165) is 54.7 Å². The Morgan fingerprint density at radius 2 is 1.67 bits per heavy atom. The van der Waals surface area contributed by atoms with Crippen LogP contribution in [0.15, 0.2) is 118 Å². The second-order valence-corrected chi connectivity index (χ2v) is 20.2. The van der Waals surface area contributed by atoms with Crippen molar-refractivity contribution in [1.82, 2.24) is 24.7 Å². The van der Waals surface area contributed by atoms with Crippen molar-refractivity contribution in [2.45, 2.75) is 84.0 Å². The zero-order valence-corrected chi connectivity index (χ0v) is 37.6. The van der Waals surface area contributed by atoms with E-state index in [9.17, 15) is 21.6 Å². The summed E-state index contributed by atoms with van der Waals surface area (Å²) >= 11 is 7.44. The van der Waals surface area contributed by atoms with Gasteiger partial charge >= 0.3 is 5.51 Å². The summed E-state index contributed by atoms with van der Waals surface area (Å²) in [5, 5.41) is 4.02. The lowest BCUT2D eigenvalue weighted by Crippen LogP contribution is -2.50. The minimum Gasteiger partial charge on any atom is -0.381 e. The van der Waals surface area contributed by atoms with Crippen molar-refractivity contribution in [1.29, 1.82) is 0 Å². The number of rotatable bonds is 16. The van der Waals surface area contributed by atoms with Gasteiger partial charge in [-0.3, -0.25) is 14.5 Å². The van der Waals surface area contributed by atoms with Gasteiger partial charge in [0.15, 0.2) is 0 Å². The largest absolute Gasteiger partial charge is 0.446 e. The van der Waals surface area contributed by atoms with Crippen LogP contribution in [0.5, 0.6) is 0 Å². The zero-order chi connectivity index (χ0) is 43.1. The summed E-state index contributed by atoms with van der Waals surface area (Å²) in [7, 11) is -0.438. The minimum atomic E-state index is -4.64. The lowest BCUT2D eigenvalue weighted by atomic mass is 9.93. The first kappa shape index (κ1) is 45.2. The van der Waals surface area contributed by atoms with E-state index in [1.807, 2.05) is 61.5 Å². The Kier molecular flexibility index (Phi) is 14.9. The summed E-state index contributed by atoms with van der Waals surface area (Å²) in [5.74, 6) is 0.754. The van der Waals surface area contributed by atoms with Crippen molar-refractivity contribution in [2.75, 3.05) is 49.5 Å². The number of hydrogen-bond donors (Lipinski definition) is 2. The van der Waals surface area contributed by atoms with Crippen LogP contribution in [-0.4, -0.2) is 96.2 Å². The quantitative estimate of drug-likeness (QED) is 0.0933. The summed E-state index contributed by atoms with van der Waals surface area (Å²) in [6.07, 6.45) is 4.51. The van der Waals surface area contributed by atoms with E-state index in [1.165, 1.54) is 29.6 Å². The Morgan fingerprint density at radius 3 is 2.39 bits per heavy atom. The van der Waals surface area contributed by atoms with Crippen molar-refractivity contribution in [2.24, 2.45) is 0 Å². The summed E-state index contributed by atoms with van der Waals surface area (Å²) in [4.78, 5) is 16.5. The number of anilines is 2. The molecule has 4 aromatic carbocycles. The van der Waals surface area contributed by atoms with Gasteiger partial charge in [-0.2, -0.15) is 13.2 Å². The Balaban J connectivity index is 1.02. The predicted octanol–water partition coefficient (Wildman–Crippen LogP) is 10.1. The molecule has 2 aliphatic rings. The normalized spacial score (nSPS) is 17.3. The molecule has 2 atom stereocenters. The lowest BCUT2D eigenvalue weighted by Gasteiger charge is -2.44. The number of likely N-dealkylation sites (tertiary alicyclic amines) is 1. The van der Waals surface area contributed by atoms with Crippen molar-refractivity contribution in [3.8, 4) is 11.1 Å². The molecule has 0 saturated carbocycles. The molecule has 9 nitrogen and oxygen atoms in total. The molecule has 16 heteroatoms.